The normalized spacial score (nSPS) is 28.1. The van der Waals surface area contributed by atoms with Gasteiger partial charge >= 0.3 is 0 Å². The molecule has 0 radical (unpaired) electrons. The molecular formula is C18H27N3. The maximum Gasteiger partial charge on any atom is 0.0355 e. The van der Waals surface area contributed by atoms with Crippen molar-refractivity contribution in [2.45, 2.75) is 50.6 Å². The summed E-state index contributed by atoms with van der Waals surface area (Å²) in [5.41, 5.74) is 9.86. The number of nitrogen functional groups attached to an aromatic ring is 1. The number of rotatable bonds is 2. The van der Waals surface area contributed by atoms with Crippen LogP contribution in [0.1, 0.15) is 49.3 Å². The summed E-state index contributed by atoms with van der Waals surface area (Å²) in [4.78, 5) is 5.47. The Morgan fingerprint density at radius 3 is 2.38 bits per heavy atom. The number of aryl methyl sites for hydroxylation is 1. The van der Waals surface area contributed by atoms with E-state index in [2.05, 4.69) is 28.0 Å². The van der Waals surface area contributed by atoms with Crippen LogP contribution in [0.15, 0.2) is 18.2 Å². The molecule has 0 bridgehead atoms. The Bertz CT molecular complexity index is 499. The molecular weight excluding hydrogens is 258 g/mol. The van der Waals surface area contributed by atoms with E-state index in [9.17, 15) is 0 Å². The van der Waals surface area contributed by atoms with Gasteiger partial charge in [-0.05, 0) is 48.9 Å². The minimum Gasteiger partial charge on any atom is -0.399 e. The number of nitrogens with zero attached hydrogens (tertiary/aromatic N) is 2. The molecule has 1 aromatic carbocycles. The number of nitrogens with two attached hydrogens (primary N) is 1. The maximum atomic E-state index is 5.92. The smallest absolute Gasteiger partial charge is 0.0355 e. The summed E-state index contributed by atoms with van der Waals surface area (Å²) in [6, 6.07) is 8.07. The Kier molecular flexibility index (Phi) is 3.64. The molecule has 3 nitrogen and oxygen atoms in total. The van der Waals surface area contributed by atoms with Gasteiger partial charge in [0.05, 0.1) is 0 Å². The lowest BCUT2D eigenvalue weighted by atomic mass is 10.0. The van der Waals surface area contributed by atoms with Crippen molar-refractivity contribution in [3.05, 3.63) is 29.3 Å². The third-order valence-corrected chi connectivity index (χ3v) is 5.84. The second kappa shape index (κ2) is 5.62. The average molecular weight is 285 g/mol. The Morgan fingerprint density at radius 2 is 1.62 bits per heavy atom. The van der Waals surface area contributed by atoms with E-state index in [0.717, 1.165) is 11.7 Å². The first kappa shape index (κ1) is 13.6. The summed E-state index contributed by atoms with van der Waals surface area (Å²) in [7, 11) is 0. The highest BCUT2D eigenvalue weighted by Gasteiger charge is 2.32. The number of anilines is 1. The third-order valence-electron chi connectivity index (χ3n) is 5.84. The number of hydrogen-bond donors (Lipinski definition) is 1. The molecule has 1 unspecified atom stereocenters. The van der Waals surface area contributed by atoms with Crippen molar-refractivity contribution >= 4 is 5.69 Å². The monoisotopic (exact) mass is 285 g/mol. The first-order valence-corrected chi connectivity index (χ1v) is 8.67. The summed E-state index contributed by atoms with van der Waals surface area (Å²) >= 11 is 0. The van der Waals surface area contributed by atoms with Crippen LogP contribution in [0.2, 0.25) is 0 Å². The molecule has 3 aliphatic rings. The molecule has 0 spiro atoms. The van der Waals surface area contributed by atoms with Gasteiger partial charge in [-0.2, -0.15) is 0 Å². The Labute approximate surface area is 128 Å². The fraction of sp³-hybridized carbons (Fsp3) is 0.667. The molecule has 1 aromatic rings. The van der Waals surface area contributed by atoms with Crippen LogP contribution in [0.25, 0.3) is 0 Å². The molecule has 2 aliphatic carbocycles. The van der Waals surface area contributed by atoms with E-state index in [4.69, 9.17) is 5.73 Å². The topological polar surface area (TPSA) is 32.5 Å². The van der Waals surface area contributed by atoms with Crippen LogP contribution >= 0.6 is 0 Å². The summed E-state index contributed by atoms with van der Waals surface area (Å²) < 4.78 is 0. The van der Waals surface area contributed by atoms with Crippen molar-refractivity contribution in [2.24, 2.45) is 0 Å². The number of piperazine rings is 1. The van der Waals surface area contributed by atoms with Crippen molar-refractivity contribution in [3.63, 3.8) is 0 Å². The highest BCUT2D eigenvalue weighted by Crippen LogP contribution is 2.37. The summed E-state index contributed by atoms with van der Waals surface area (Å²) in [6.07, 6.45) is 8.25. The van der Waals surface area contributed by atoms with Crippen LogP contribution < -0.4 is 5.73 Å². The van der Waals surface area contributed by atoms with Crippen molar-refractivity contribution < 1.29 is 0 Å². The van der Waals surface area contributed by atoms with Gasteiger partial charge in [0, 0.05) is 44.0 Å². The van der Waals surface area contributed by atoms with E-state index >= 15 is 0 Å². The van der Waals surface area contributed by atoms with E-state index in [1.165, 1.54) is 70.3 Å². The molecule has 114 valence electrons. The average Bonchev–Trinajstić information content (AvgIpc) is 3.16. The number of hydrogen-bond acceptors (Lipinski definition) is 3. The van der Waals surface area contributed by atoms with Gasteiger partial charge < -0.3 is 5.73 Å². The van der Waals surface area contributed by atoms with Crippen molar-refractivity contribution in [3.8, 4) is 0 Å². The lowest BCUT2D eigenvalue weighted by Crippen LogP contribution is -2.50. The quantitative estimate of drug-likeness (QED) is 0.848. The van der Waals surface area contributed by atoms with Crippen LogP contribution in [-0.4, -0.2) is 42.0 Å². The molecule has 1 aliphatic heterocycles. The van der Waals surface area contributed by atoms with Gasteiger partial charge in [0.1, 0.15) is 0 Å². The molecule has 4 rings (SSSR count). The van der Waals surface area contributed by atoms with E-state index < -0.39 is 0 Å². The summed E-state index contributed by atoms with van der Waals surface area (Å²) in [5, 5.41) is 0. The van der Waals surface area contributed by atoms with Gasteiger partial charge in [0.2, 0.25) is 0 Å². The van der Waals surface area contributed by atoms with Crippen LogP contribution in [0.5, 0.6) is 0 Å². The molecule has 2 N–H and O–H groups in total. The van der Waals surface area contributed by atoms with Crippen molar-refractivity contribution in [1.82, 2.24) is 9.80 Å². The van der Waals surface area contributed by atoms with E-state index in [1.54, 1.807) is 5.56 Å². The predicted molar refractivity (Wildman–Crippen MR) is 87.3 cm³/mol. The highest BCUT2D eigenvalue weighted by atomic mass is 15.3. The van der Waals surface area contributed by atoms with Gasteiger partial charge in [-0.15, -0.1) is 0 Å². The first-order valence-electron chi connectivity index (χ1n) is 8.67. The standard InChI is InChI=1S/C18H27N3/c19-15-6-7-17-14(13-15)5-8-18(17)21-11-9-20(10-12-21)16-3-1-2-4-16/h6-7,13,16,18H,1-5,8-12,19H2. The van der Waals surface area contributed by atoms with Crippen LogP contribution in [0, 0.1) is 0 Å². The lowest BCUT2D eigenvalue weighted by Gasteiger charge is -2.40. The largest absolute Gasteiger partial charge is 0.399 e. The first-order chi connectivity index (χ1) is 10.3. The van der Waals surface area contributed by atoms with Gasteiger partial charge in [0.25, 0.3) is 0 Å². The van der Waals surface area contributed by atoms with Gasteiger partial charge in [-0.3, -0.25) is 9.80 Å². The maximum absolute atomic E-state index is 5.92. The molecule has 0 aromatic heterocycles. The summed E-state index contributed by atoms with van der Waals surface area (Å²) in [6.45, 7) is 5.02. The fourth-order valence-electron chi connectivity index (χ4n) is 4.68. The SMILES string of the molecule is Nc1ccc2c(c1)CCC2N1CCN(C2CCCC2)CC1. The second-order valence-corrected chi connectivity index (χ2v) is 7.02. The van der Waals surface area contributed by atoms with Crippen molar-refractivity contribution in [1.29, 1.82) is 0 Å². The van der Waals surface area contributed by atoms with Crippen LogP contribution in [0.4, 0.5) is 5.69 Å². The molecule has 1 saturated carbocycles. The Balaban J connectivity index is 1.41. The molecule has 3 heteroatoms. The van der Waals surface area contributed by atoms with Gasteiger partial charge in [-0.1, -0.05) is 18.9 Å². The van der Waals surface area contributed by atoms with E-state index in [1.807, 2.05) is 0 Å². The van der Waals surface area contributed by atoms with Gasteiger partial charge in [-0.25, -0.2) is 0 Å². The third kappa shape index (κ3) is 2.58. The Hall–Kier alpha value is -1.06. The zero-order chi connectivity index (χ0) is 14.2. The Morgan fingerprint density at radius 1 is 0.905 bits per heavy atom. The van der Waals surface area contributed by atoms with Gasteiger partial charge in [0.15, 0.2) is 0 Å². The lowest BCUT2D eigenvalue weighted by molar-refractivity contribution is 0.0703. The minimum atomic E-state index is 0.645. The zero-order valence-corrected chi connectivity index (χ0v) is 12.9. The highest BCUT2D eigenvalue weighted by molar-refractivity contribution is 5.47. The second-order valence-electron chi connectivity index (χ2n) is 7.02. The van der Waals surface area contributed by atoms with Crippen LogP contribution in [-0.2, 0) is 6.42 Å². The zero-order valence-electron chi connectivity index (χ0n) is 12.9. The van der Waals surface area contributed by atoms with E-state index in [-0.39, 0.29) is 0 Å². The molecule has 21 heavy (non-hydrogen) atoms. The fourth-order valence-corrected chi connectivity index (χ4v) is 4.68. The molecule has 2 fully saturated rings. The summed E-state index contributed by atoms with van der Waals surface area (Å²) in [5.74, 6) is 0. The molecule has 0 amide bonds. The predicted octanol–water partition coefficient (Wildman–Crippen LogP) is 2.82. The molecule has 1 saturated heterocycles. The van der Waals surface area contributed by atoms with Crippen LogP contribution in [0.3, 0.4) is 0 Å². The number of fused-ring (bicyclic) bond motifs is 1. The molecule has 1 atom stereocenters. The van der Waals surface area contributed by atoms with E-state index in [0.29, 0.717) is 6.04 Å². The minimum absolute atomic E-state index is 0.645. The number of benzene rings is 1. The molecule has 1 heterocycles. The van der Waals surface area contributed by atoms with Crippen molar-refractivity contribution in [2.75, 3.05) is 31.9 Å².